The van der Waals surface area contributed by atoms with Crippen LogP contribution in [0.1, 0.15) is 46.1 Å². The number of aliphatic hydroxyl groups excluding tert-OH is 1. The lowest BCUT2D eigenvalue weighted by molar-refractivity contribution is 0.0232. The van der Waals surface area contributed by atoms with Gasteiger partial charge in [0, 0.05) is 17.7 Å². The summed E-state index contributed by atoms with van der Waals surface area (Å²) in [6, 6.07) is 13.4. The van der Waals surface area contributed by atoms with E-state index in [1.807, 2.05) is 24.3 Å². The zero-order chi connectivity index (χ0) is 17.4. The molecule has 1 unspecified atom stereocenters. The smallest absolute Gasteiger partial charge is 0.256 e. The van der Waals surface area contributed by atoms with E-state index in [1.54, 1.807) is 13.2 Å². The van der Waals surface area contributed by atoms with Crippen LogP contribution in [0.25, 0.3) is 5.57 Å². The minimum absolute atomic E-state index is 0.106. The van der Waals surface area contributed by atoms with Gasteiger partial charge < -0.3 is 14.7 Å². The number of methoxy groups -OCH3 is 1. The predicted octanol–water partition coefficient (Wildman–Crippen LogP) is 3.56. The number of nitrogens with zero attached hydrogens (tertiary/aromatic N) is 1. The predicted molar refractivity (Wildman–Crippen MR) is 96.3 cm³/mol. The van der Waals surface area contributed by atoms with Gasteiger partial charge in [-0.25, -0.2) is 0 Å². The van der Waals surface area contributed by atoms with Crippen molar-refractivity contribution in [2.75, 3.05) is 13.7 Å². The highest BCUT2D eigenvalue weighted by Gasteiger charge is 2.34. The van der Waals surface area contributed by atoms with Crippen LogP contribution in [0.3, 0.4) is 0 Å². The number of benzene rings is 2. The fourth-order valence-corrected chi connectivity index (χ4v) is 3.78. The fraction of sp³-hybridized carbons (Fsp3) is 0.286. The number of aryl methyl sites for hydroxylation is 1. The Labute approximate surface area is 147 Å². The van der Waals surface area contributed by atoms with Crippen molar-refractivity contribution < 1.29 is 14.6 Å². The van der Waals surface area contributed by atoms with Crippen LogP contribution in [0.4, 0.5) is 0 Å². The number of rotatable bonds is 3. The largest absolute Gasteiger partial charge is 0.497 e. The number of ether oxygens (including phenoxy) is 1. The summed E-state index contributed by atoms with van der Waals surface area (Å²) < 4.78 is 5.32. The topological polar surface area (TPSA) is 49.8 Å². The molecule has 1 atom stereocenters. The summed E-state index contributed by atoms with van der Waals surface area (Å²) in [6.45, 7) is 0.412. The van der Waals surface area contributed by atoms with Crippen LogP contribution in [0.2, 0.25) is 0 Å². The molecule has 1 amide bonds. The highest BCUT2D eigenvalue weighted by atomic mass is 16.5. The maximum atomic E-state index is 12.5. The van der Waals surface area contributed by atoms with Crippen molar-refractivity contribution in [3.63, 3.8) is 0 Å². The van der Waals surface area contributed by atoms with Gasteiger partial charge in [-0.3, -0.25) is 4.79 Å². The van der Waals surface area contributed by atoms with Crippen LogP contribution in [-0.2, 0) is 6.42 Å². The van der Waals surface area contributed by atoms with Gasteiger partial charge >= 0.3 is 0 Å². The van der Waals surface area contributed by atoms with Crippen LogP contribution < -0.4 is 4.74 Å². The van der Waals surface area contributed by atoms with E-state index < -0.39 is 6.23 Å². The Kier molecular flexibility index (Phi) is 4.06. The van der Waals surface area contributed by atoms with E-state index in [0.717, 1.165) is 25.0 Å². The average molecular weight is 335 g/mol. The van der Waals surface area contributed by atoms with Crippen molar-refractivity contribution >= 4 is 11.5 Å². The van der Waals surface area contributed by atoms with E-state index in [2.05, 4.69) is 18.2 Å². The Morgan fingerprint density at radius 1 is 1.20 bits per heavy atom. The first-order valence-corrected chi connectivity index (χ1v) is 8.63. The number of allylic oxidation sites excluding steroid dienone is 1. The lowest BCUT2D eigenvalue weighted by Crippen LogP contribution is -2.28. The number of carbonyl (C=O) groups excluding carboxylic acids is 1. The molecule has 2 aromatic carbocycles. The average Bonchev–Trinajstić information content (AvgIpc) is 2.90. The first-order chi connectivity index (χ1) is 12.2. The summed E-state index contributed by atoms with van der Waals surface area (Å²) in [7, 11) is 1.68. The molecule has 0 saturated heterocycles. The second-order valence-corrected chi connectivity index (χ2v) is 6.52. The Morgan fingerprint density at radius 3 is 2.84 bits per heavy atom. The number of hydrogen-bond acceptors (Lipinski definition) is 3. The molecule has 128 valence electrons. The zero-order valence-electron chi connectivity index (χ0n) is 14.2. The molecule has 4 nitrogen and oxygen atoms in total. The number of aliphatic hydroxyl groups is 1. The molecule has 0 fully saturated rings. The summed E-state index contributed by atoms with van der Waals surface area (Å²) in [5, 5.41) is 10.5. The van der Waals surface area contributed by atoms with E-state index in [0.29, 0.717) is 17.7 Å². The molecule has 4 rings (SSSR count). The van der Waals surface area contributed by atoms with Crippen LogP contribution in [0.5, 0.6) is 5.75 Å². The molecular formula is C21H21NO3. The quantitative estimate of drug-likeness (QED) is 0.933. The lowest BCUT2D eigenvalue weighted by Gasteiger charge is -2.23. The molecule has 0 saturated carbocycles. The fourth-order valence-electron chi connectivity index (χ4n) is 3.78. The molecule has 0 aromatic heterocycles. The Hall–Kier alpha value is -2.59. The summed E-state index contributed by atoms with van der Waals surface area (Å²) >= 11 is 0. The summed E-state index contributed by atoms with van der Waals surface area (Å²) in [5.74, 6) is 0.770. The Bertz CT molecular complexity index is 856. The van der Waals surface area contributed by atoms with E-state index in [4.69, 9.17) is 4.74 Å². The van der Waals surface area contributed by atoms with Crippen LogP contribution >= 0.6 is 0 Å². The second-order valence-electron chi connectivity index (χ2n) is 6.52. The normalized spacial score (nSPS) is 20.6. The van der Waals surface area contributed by atoms with Crippen LogP contribution in [-0.4, -0.2) is 29.6 Å². The number of fused-ring (bicyclic) bond motifs is 2. The van der Waals surface area contributed by atoms with E-state index in [-0.39, 0.29) is 5.91 Å². The molecule has 2 aromatic rings. The molecule has 0 bridgehead atoms. The van der Waals surface area contributed by atoms with Gasteiger partial charge in [-0.15, -0.1) is 0 Å². The number of carbonyl (C=O) groups is 1. The Balaban J connectivity index is 1.59. The van der Waals surface area contributed by atoms with Gasteiger partial charge in [0.1, 0.15) is 5.75 Å². The van der Waals surface area contributed by atoms with Gasteiger partial charge in [-0.2, -0.15) is 0 Å². The SMILES string of the molecule is COc1ccc2c(c1)CCC/C2=C\CN1C(=O)c2ccccc2C1O. The molecule has 0 radical (unpaired) electrons. The summed E-state index contributed by atoms with van der Waals surface area (Å²) in [6.07, 6.45) is 4.34. The zero-order valence-corrected chi connectivity index (χ0v) is 14.2. The molecule has 1 aliphatic carbocycles. The molecule has 0 spiro atoms. The molecule has 25 heavy (non-hydrogen) atoms. The van der Waals surface area contributed by atoms with Gasteiger partial charge in [0.25, 0.3) is 5.91 Å². The maximum absolute atomic E-state index is 12.5. The van der Waals surface area contributed by atoms with E-state index in [1.165, 1.54) is 21.6 Å². The maximum Gasteiger partial charge on any atom is 0.256 e. The molecule has 1 aliphatic heterocycles. The number of amides is 1. The van der Waals surface area contributed by atoms with Crippen LogP contribution in [0.15, 0.2) is 48.5 Å². The summed E-state index contributed by atoms with van der Waals surface area (Å²) in [5.41, 5.74) is 5.04. The van der Waals surface area contributed by atoms with Crippen molar-refractivity contribution in [1.29, 1.82) is 0 Å². The highest BCUT2D eigenvalue weighted by Crippen LogP contribution is 2.35. The molecule has 2 aliphatic rings. The third kappa shape index (κ3) is 2.72. The third-order valence-corrected chi connectivity index (χ3v) is 5.11. The monoisotopic (exact) mass is 335 g/mol. The lowest BCUT2D eigenvalue weighted by atomic mass is 9.87. The first kappa shape index (κ1) is 15.9. The standard InChI is InChI=1S/C21H21NO3/c1-25-16-9-10-17-14(5-4-6-15(17)13-16)11-12-22-20(23)18-7-2-3-8-19(18)21(22)24/h2-3,7-11,13,20,23H,4-6,12H2,1H3/b14-11+. The van der Waals surface area contributed by atoms with Crippen molar-refractivity contribution in [2.45, 2.75) is 25.5 Å². The van der Waals surface area contributed by atoms with Crippen molar-refractivity contribution in [3.8, 4) is 5.75 Å². The van der Waals surface area contributed by atoms with Gasteiger partial charge in [0.15, 0.2) is 6.23 Å². The molecule has 1 N–H and O–H groups in total. The highest BCUT2D eigenvalue weighted by molar-refractivity contribution is 5.99. The van der Waals surface area contributed by atoms with Gasteiger partial charge in [0.2, 0.25) is 0 Å². The van der Waals surface area contributed by atoms with Crippen molar-refractivity contribution in [3.05, 3.63) is 70.8 Å². The van der Waals surface area contributed by atoms with Gasteiger partial charge in [0.05, 0.1) is 7.11 Å². The second kappa shape index (κ2) is 6.37. The molecular weight excluding hydrogens is 314 g/mol. The van der Waals surface area contributed by atoms with E-state index >= 15 is 0 Å². The van der Waals surface area contributed by atoms with Crippen LogP contribution in [0, 0.1) is 0 Å². The summed E-state index contributed by atoms with van der Waals surface area (Å²) in [4.78, 5) is 14.1. The minimum atomic E-state index is -0.862. The molecule has 1 heterocycles. The third-order valence-electron chi connectivity index (χ3n) is 5.11. The first-order valence-electron chi connectivity index (χ1n) is 8.63. The number of hydrogen-bond donors (Lipinski definition) is 1. The van der Waals surface area contributed by atoms with Gasteiger partial charge in [-0.1, -0.05) is 30.3 Å². The van der Waals surface area contributed by atoms with E-state index in [9.17, 15) is 9.90 Å². The Morgan fingerprint density at radius 2 is 2.04 bits per heavy atom. The van der Waals surface area contributed by atoms with Crippen molar-refractivity contribution in [2.24, 2.45) is 0 Å². The molecule has 4 heteroatoms. The van der Waals surface area contributed by atoms with Gasteiger partial charge in [-0.05, 0) is 54.2 Å². The van der Waals surface area contributed by atoms with Crippen molar-refractivity contribution in [1.82, 2.24) is 4.90 Å². The minimum Gasteiger partial charge on any atom is -0.497 e.